The van der Waals surface area contributed by atoms with Gasteiger partial charge in [-0.05, 0) is 19.1 Å². The Balaban J connectivity index is 1.64. The molecule has 0 radical (unpaired) electrons. The van der Waals surface area contributed by atoms with Gasteiger partial charge in [-0.3, -0.25) is 4.68 Å². The molecule has 1 aromatic carbocycles. The molecule has 0 bridgehead atoms. The molecule has 0 fully saturated rings. The zero-order valence-corrected chi connectivity index (χ0v) is 11.9. The van der Waals surface area contributed by atoms with E-state index in [0.717, 1.165) is 23.6 Å². The van der Waals surface area contributed by atoms with Crippen LogP contribution in [0.5, 0.6) is 0 Å². The lowest BCUT2D eigenvalue weighted by atomic mass is 10.2. The standard InChI is InChI=1S/C14H16N4S/c1-10-11(8-16-18(10)2)7-15-9-14-17-12-5-3-4-6-13(12)19-14/h3-6,8,15H,7,9H2,1-2H3. The Hall–Kier alpha value is -1.72. The Labute approximate surface area is 116 Å². The third-order valence-corrected chi connectivity index (χ3v) is 4.30. The van der Waals surface area contributed by atoms with E-state index >= 15 is 0 Å². The zero-order chi connectivity index (χ0) is 13.2. The number of para-hydroxylation sites is 1. The highest BCUT2D eigenvalue weighted by atomic mass is 32.1. The smallest absolute Gasteiger partial charge is 0.108 e. The van der Waals surface area contributed by atoms with Crippen LogP contribution in [-0.2, 0) is 20.1 Å². The Morgan fingerprint density at radius 2 is 2.11 bits per heavy atom. The van der Waals surface area contributed by atoms with Gasteiger partial charge in [-0.1, -0.05) is 12.1 Å². The molecular weight excluding hydrogens is 256 g/mol. The second-order valence-corrected chi connectivity index (χ2v) is 5.67. The number of aryl methyl sites for hydroxylation is 1. The monoisotopic (exact) mass is 272 g/mol. The maximum absolute atomic E-state index is 4.61. The van der Waals surface area contributed by atoms with Crippen LogP contribution in [0, 0.1) is 6.92 Å². The molecule has 98 valence electrons. The van der Waals surface area contributed by atoms with Gasteiger partial charge in [0, 0.05) is 31.4 Å². The van der Waals surface area contributed by atoms with Gasteiger partial charge < -0.3 is 5.32 Å². The predicted octanol–water partition coefficient (Wildman–Crippen LogP) is 2.63. The van der Waals surface area contributed by atoms with Gasteiger partial charge in [0.15, 0.2) is 0 Å². The van der Waals surface area contributed by atoms with Crippen molar-refractivity contribution < 1.29 is 0 Å². The van der Waals surface area contributed by atoms with Crippen LogP contribution in [0.2, 0.25) is 0 Å². The van der Waals surface area contributed by atoms with Gasteiger partial charge in [0.1, 0.15) is 5.01 Å². The molecule has 2 heterocycles. The molecule has 2 aromatic heterocycles. The fourth-order valence-corrected chi connectivity index (χ4v) is 2.95. The third-order valence-electron chi connectivity index (χ3n) is 3.27. The summed E-state index contributed by atoms with van der Waals surface area (Å²) in [5.74, 6) is 0. The molecule has 0 aliphatic rings. The molecule has 1 N–H and O–H groups in total. The second-order valence-electron chi connectivity index (χ2n) is 4.56. The van der Waals surface area contributed by atoms with Gasteiger partial charge >= 0.3 is 0 Å². The number of rotatable bonds is 4. The summed E-state index contributed by atoms with van der Waals surface area (Å²) in [6.45, 7) is 3.71. The summed E-state index contributed by atoms with van der Waals surface area (Å²) in [4.78, 5) is 4.61. The number of aromatic nitrogens is 3. The molecule has 3 rings (SSSR count). The minimum Gasteiger partial charge on any atom is -0.306 e. The molecule has 0 atom stereocenters. The molecule has 0 spiro atoms. The third kappa shape index (κ3) is 2.52. The predicted molar refractivity (Wildman–Crippen MR) is 78.1 cm³/mol. The number of benzene rings is 1. The van der Waals surface area contributed by atoms with Crippen molar-refractivity contribution >= 4 is 21.6 Å². The molecule has 5 heteroatoms. The first kappa shape index (κ1) is 12.3. The lowest BCUT2D eigenvalue weighted by Gasteiger charge is -2.02. The van der Waals surface area contributed by atoms with Gasteiger partial charge in [-0.2, -0.15) is 5.10 Å². The summed E-state index contributed by atoms with van der Waals surface area (Å²) in [6.07, 6.45) is 1.92. The van der Waals surface area contributed by atoms with E-state index in [1.54, 1.807) is 11.3 Å². The minimum atomic E-state index is 0.799. The number of hydrogen-bond donors (Lipinski definition) is 1. The first-order valence-electron chi connectivity index (χ1n) is 6.26. The SMILES string of the molecule is Cc1c(CNCc2nc3ccccc3s2)cnn1C. The first-order chi connectivity index (χ1) is 9.24. The van der Waals surface area contributed by atoms with E-state index in [9.17, 15) is 0 Å². The average molecular weight is 272 g/mol. The normalized spacial score (nSPS) is 11.3. The van der Waals surface area contributed by atoms with Crippen LogP contribution < -0.4 is 5.32 Å². The zero-order valence-electron chi connectivity index (χ0n) is 11.1. The van der Waals surface area contributed by atoms with E-state index < -0.39 is 0 Å². The van der Waals surface area contributed by atoms with E-state index in [-0.39, 0.29) is 0 Å². The summed E-state index contributed by atoms with van der Waals surface area (Å²) in [5, 5.41) is 8.80. The van der Waals surface area contributed by atoms with Crippen LogP contribution in [-0.4, -0.2) is 14.8 Å². The summed E-state index contributed by atoms with van der Waals surface area (Å²) < 4.78 is 3.14. The number of thiazole rings is 1. The van der Waals surface area contributed by atoms with Crippen molar-refractivity contribution in [2.45, 2.75) is 20.0 Å². The van der Waals surface area contributed by atoms with E-state index in [1.165, 1.54) is 16.0 Å². The average Bonchev–Trinajstić information content (AvgIpc) is 2.96. The number of nitrogens with zero attached hydrogens (tertiary/aromatic N) is 3. The highest BCUT2D eigenvalue weighted by molar-refractivity contribution is 7.18. The summed E-state index contributed by atoms with van der Waals surface area (Å²) in [7, 11) is 1.96. The molecular formula is C14H16N4S. The summed E-state index contributed by atoms with van der Waals surface area (Å²) >= 11 is 1.75. The molecule has 0 aliphatic heterocycles. The van der Waals surface area contributed by atoms with Crippen LogP contribution in [0.25, 0.3) is 10.2 Å². The summed E-state index contributed by atoms with van der Waals surface area (Å²) in [5.41, 5.74) is 3.53. The van der Waals surface area contributed by atoms with E-state index in [4.69, 9.17) is 0 Å². The van der Waals surface area contributed by atoms with Crippen LogP contribution in [0.3, 0.4) is 0 Å². The molecule has 19 heavy (non-hydrogen) atoms. The Morgan fingerprint density at radius 3 is 2.84 bits per heavy atom. The lowest BCUT2D eigenvalue weighted by Crippen LogP contribution is -2.13. The number of nitrogens with one attached hydrogen (secondary N) is 1. The van der Waals surface area contributed by atoms with Crippen molar-refractivity contribution in [3.8, 4) is 0 Å². The van der Waals surface area contributed by atoms with Crippen molar-refractivity contribution in [2.75, 3.05) is 0 Å². The molecule has 0 unspecified atom stereocenters. The Morgan fingerprint density at radius 1 is 1.26 bits per heavy atom. The molecule has 0 amide bonds. The van der Waals surface area contributed by atoms with Crippen molar-refractivity contribution in [3.05, 3.63) is 46.7 Å². The highest BCUT2D eigenvalue weighted by Gasteiger charge is 2.05. The molecule has 0 saturated carbocycles. The number of hydrogen-bond acceptors (Lipinski definition) is 4. The summed E-state index contributed by atoms with van der Waals surface area (Å²) in [6, 6.07) is 8.25. The van der Waals surface area contributed by atoms with Gasteiger partial charge in [-0.15, -0.1) is 11.3 Å². The van der Waals surface area contributed by atoms with Gasteiger partial charge in [0.25, 0.3) is 0 Å². The van der Waals surface area contributed by atoms with Gasteiger partial charge in [-0.25, -0.2) is 4.98 Å². The van der Waals surface area contributed by atoms with E-state index in [1.807, 2.05) is 24.0 Å². The molecule has 3 aromatic rings. The largest absolute Gasteiger partial charge is 0.306 e. The van der Waals surface area contributed by atoms with E-state index in [0.29, 0.717) is 0 Å². The van der Waals surface area contributed by atoms with Gasteiger partial charge in [0.05, 0.1) is 16.4 Å². The van der Waals surface area contributed by atoms with Crippen LogP contribution in [0.15, 0.2) is 30.5 Å². The van der Waals surface area contributed by atoms with Crippen LogP contribution >= 0.6 is 11.3 Å². The maximum Gasteiger partial charge on any atom is 0.108 e. The maximum atomic E-state index is 4.61. The Bertz CT molecular complexity index is 665. The van der Waals surface area contributed by atoms with Crippen molar-refractivity contribution in [1.82, 2.24) is 20.1 Å². The van der Waals surface area contributed by atoms with E-state index in [2.05, 4.69) is 40.5 Å². The van der Waals surface area contributed by atoms with Crippen LogP contribution in [0.1, 0.15) is 16.3 Å². The van der Waals surface area contributed by atoms with Crippen molar-refractivity contribution in [1.29, 1.82) is 0 Å². The molecule has 0 aliphatic carbocycles. The first-order valence-corrected chi connectivity index (χ1v) is 7.08. The van der Waals surface area contributed by atoms with Gasteiger partial charge in [0.2, 0.25) is 0 Å². The number of fused-ring (bicyclic) bond motifs is 1. The topological polar surface area (TPSA) is 42.7 Å². The molecule has 0 saturated heterocycles. The fourth-order valence-electron chi connectivity index (χ4n) is 2.02. The quantitative estimate of drug-likeness (QED) is 0.794. The second kappa shape index (κ2) is 5.11. The minimum absolute atomic E-state index is 0.799. The fraction of sp³-hybridized carbons (Fsp3) is 0.286. The Kier molecular flexibility index (Phi) is 3.31. The van der Waals surface area contributed by atoms with Crippen molar-refractivity contribution in [2.24, 2.45) is 7.05 Å². The van der Waals surface area contributed by atoms with Crippen molar-refractivity contribution in [3.63, 3.8) is 0 Å². The van der Waals surface area contributed by atoms with Crippen LogP contribution in [0.4, 0.5) is 0 Å². The molecule has 4 nitrogen and oxygen atoms in total. The highest BCUT2D eigenvalue weighted by Crippen LogP contribution is 2.21. The lowest BCUT2D eigenvalue weighted by molar-refractivity contribution is 0.682.